The van der Waals surface area contributed by atoms with E-state index >= 15 is 0 Å². The zero-order chi connectivity index (χ0) is 14.4. The lowest BCUT2D eigenvalue weighted by atomic mass is 10.1. The number of nitrogens with two attached hydrogens (primary N) is 1. The average Bonchev–Trinajstić information content (AvgIpc) is 2.91. The van der Waals surface area contributed by atoms with Crippen molar-refractivity contribution >= 4 is 15.9 Å². The van der Waals surface area contributed by atoms with Crippen molar-refractivity contribution in [3.05, 3.63) is 47.0 Å². The molecular formula is C15H20BrN3O. The van der Waals surface area contributed by atoms with Gasteiger partial charge in [-0.15, -0.1) is 0 Å². The summed E-state index contributed by atoms with van der Waals surface area (Å²) < 4.78 is 8.92. The monoisotopic (exact) mass is 337 g/mol. The fourth-order valence-electron chi connectivity index (χ4n) is 2.00. The van der Waals surface area contributed by atoms with Gasteiger partial charge in [0.1, 0.15) is 5.75 Å². The Morgan fingerprint density at radius 3 is 3.00 bits per heavy atom. The molecule has 4 nitrogen and oxygen atoms in total. The van der Waals surface area contributed by atoms with Crippen molar-refractivity contribution in [3.63, 3.8) is 0 Å². The Kier molecular flexibility index (Phi) is 5.61. The molecule has 5 heteroatoms. The molecule has 2 N–H and O–H groups in total. The van der Waals surface area contributed by atoms with Crippen LogP contribution in [0.2, 0.25) is 0 Å². The number of hydrogen-bond donors (Lipinski definition) is 1. The van der Waals surface area contributed by atoms with E-state index in [9.17, 15) is 0 Å². The maximum atomic E-state index is 5.85. The van der Waals surface area contributed by atoms with E-state index in [4.69, 9.17) is 10.5 Å². The van der Waals surface area contributed by atoms with Crippen LogP contribution in [0, 0.1) is 0 Å². The minimum absolute atomic E-state index is 0.141. The summed E-state index contributed by atoms with van der Waals surface area (Å²) in [6, 6.07) is 6.20. The van der Waals surface area contributed by atoms with Crippen LogP contribution in [0.4, 0.5) is 0 Å². The SMILES string of the molecule is CC(N)Cc1cc(OCCCn2ccnc2)ccc1Br. The molecule has 1 atom stereocenters. The average molecular weight is 338 g/mol. The first-order chi connectivity index (χ1) is 9.65. The van der Waals surface area contributed by atoms with E-state index in [2.05, 4.69) is 27.0 Å². The van der Waals surface area contributed by atoms with E-state index in [0.717, 1.165) is 29.6 Å². The molecule has 0 spiro atoms. The van der Waals surface area contributed by atoms with Crippen molar-refractivity contribution < 1.29 is 4.74 Å². The van der Waals surface area contributed by atoms with Gasteiger partial charge in [0.2, 0.25) is 0 Å². The van der Waals surface area contributed by atoms with E-state index in [0.29, 0.717) is 6.61 Å². The van der Waals surface area contributed by atoms with Gasteiger partial charge >= 0.3 is 0 Å². The van der Waals surface area contributed by atoms with Gasteiger partial charge in [0.05, 0.1) is 12.9 Å². The molecule has 0 bridgehead atoms. The Bertz CT molecular complexity index is 526. The first kappa shape index (κ1) is 15.1. The fourth-order valence-corrected chi connectivity index (χ4v) is 2.41. The molecule has 0 fully saturated rings. The van der Waals surface area contributed by atoms with Gasteiger partial charge < -0.3 is 15.0 Å². The summed E-state index contributed by atoms with van der Waals surface area (Å²) in [5.41, 5.74) is 7.04. The van der Waals surface area contributed by atoms with E-state index in [-0.39, 0.29) is 6.04 Å². The Labute approximate surface area is 128 Å². The van der Waals surface area contributed by atoms with Gasteiger partial charge in [0.15, 0.2) is 0 Å². The van der Waals surface area contributed by atoms with Crippen LogP contribution >= 0.6 is 15.9 Å². The molecule has 2 aromatic rings. The number of rotatable bonds is 7. The minimum atomic E-state index is 0.141. The molecule has 0 saturated carbocycles. The molecule has 108 valence electrons. The minimum Gasteiger partial charge on any atom is -0.494 e. The van der Waals surface area contributed by atoms with Crippen molar-refractivity contribution in [3.8, 4) is 5.75 Å². The smallest absolute Gasteiger partial charge is 0.119 e. The first-order valence-corrected chi connectivity index (χ1v) is 7.57. The second-order valence-electron chi connectivity index (χ2n) is 4.94. The van der Waals surface area contributed by atoms with E-state index < -0.39 is 0 Å². The summed E-state index contributed by atoms with van der Waals surface area (Å²) in [6.07, 6.45) is 7.36. The summed E-state index contributed by atoms with van der Waals surface area (Å²) in [7, 11) is 0. The summed E-state index contributed by atoms with van der Waals surface area (Å²) >= 11 is 3.55. The summed E-state index contributed by atoms with van der Waals surface area (Å²) in [5, 5.41) is 0. The highest BCUT2D eigenvalue weighted by Crippen LogP contribution is 2.23. The number of halogens is 1. The zero-order valence-corrected chi connectivity index (χ0v) is 13.2. The topological polar surface area (TPSA) is 53.1 Å². The van der Waals surface area contributed by atoms with E-state index in [1.165, 1.54) is 5.56 Å². The van der Waals surface area contributed by atoms with Gasteiger partial charge in [-0.2, -0.15) is 0 Å². The van der Waals surface area contributed by atoms with Gasteiger partial charge in [-0.1, -0.05) is 15.9 Å². The van der Waals surface area contributed by atoms with Crippen LogP contribution in [0.25, 0.3) is 0 Å². The molecule has 1 heterocycles. The highest BCUT2D eigenvalue weighted by molar-refractivity contribution is 9.10. The molecule has 1 unspecified atom stereocenters. The van der Waals surface area contributed by atoms with Gasteiger partial charge in [-0.05, 0) is 43.5 Å². The second-order valence-corrected chi connectivity index (χ2v) is 5.79. The summed E-state index contributed by atoms with van der Waals surface area (Å²) in [4.78, 5) is 4.01. The largest absolute Gasteiger partial charge is 0.494 e. The predicted molar refractivity (Wildman–Crippen MR) is 83.8 cm³/mol. The molecule has 2 rings (SSSR count). The molecule has 20 heavy (non-hydrogen) atoms. The summed E-state index contributed by atoms with van der Waals surface area (Å²) in [6.45, 7) is 3.62. The number of hydrogen-bond acceptors (Lipinski definition) is 3. The third-order valence-corrected chi connectivity index (χ3v) is 3.72. The van der Waals surface area contributed by atoms with Crippen molar-refractivity contribution in [2.75, 3.05) is 6.61 Å². The number of ether oxygens (including phenoxy) is 1. The molecule has 1 aromatic carbocycles. The summed E-state index contributed by atoms with van der Waals surface area (Å²) in [5.74, 6) is 0.898. The van der Waals surface area contributed by atoms with Crippen LogP contribution in [-0.4, -0.2) is 22.2 Å². The number of aromatic nitrogens is 2. The molecular weight excluding hydrogens is 318 g/mol. The molecule has 0 radical (unpaired) electrons. The molecule has 0 saturated heterocycles. The van der Waals surface area contributed by atoms with Gasteiger partial charge in [-0.25, -0.2) is 4.98 Å². The van der Waals surface area contributed by atoms with Gasteiger partial charge in [-0.3, -0.25) is 0 Å². The van der Waals surface area contributed by atoms with Crippen molar-refractivity contribution in [1.82, 2.24) is 9.55 Å². The van der Waals surface area contributed by atoms with Gasteiger partial charge in [0, 0.05) is 29.5 Å². The molecule has 1 aromatic heterocycles. The van der Waals surface area contributed by atoms with Crippen LogP contribution in [-0.2, 0) is 13.0 Å². The van der Waals surface area contributed by atoms with Crippen molar-refractivity contribution in [2.45, 2.75) is 32.4 Å². The normalized spacial score (nSPS) is 12.3. The van der Waals surface area contributed by atoms with Gasteiger partial charge in [0.25, 0.3) is 0 Å². The lowest BCUT2D eigenvalue weighted by Crippen LogP contribution is -2.18. The number of imidazole rings is 1. The fraction of sp³-hybridized carbons (Fsp3) is 0.400. The quantitative estimate of drug-likeness (QED) is 0.790. The Morgan fingerprint density at radius 2 is 2.30 bits per heavy atom. The Balaban J connectivity index is 1.83. The Hall–Kier alpha value is -1.33. The number of nitrogens with zero attached hydrogens (tertiary/aromatic N) is 2. The van der Waals surface area contributed by atoms with Crippen LogP contribution < -0.4 is 10.5 Å². The third-order valence-electron chi connectivity index (χ3n) is 2.95. The Morgan fingerprint density at radius 1 is 1.45 bits per heavy atom. The maximum absolute atomic E-state index is 5.85. The third kappa shape index (κ3) is 4.65. The van der Waals surface area contributed by atoms with Crippen molar-refractivity contribution in [2.24, 2.45) is 5.73 Å². The molecule has 0 aliphatic carbocycles. The lowest BCUT2D eigenvalue weighted by Gasteiger charge is -2.11. The number of benzene rings is 1. The zero-order valence-electron chi connectivity index (χ0n) is 11.6. The van der Waals surface area contributed by atoms with E-state index in [1.807, 2.05) is 36.1 Å². The van der Waals surface area contributed by atoms with E-state index in [1.54, 1.807) is 6.20 Å². The predicted octanol–water partition coefficient (Wildman–Crippen LogP) is 3.00. The second kappa shape index (κ2) is 7.45. The molecule has 0 aliphatic heterocycles. The highest BCUT2D eigenvalue weighted by Gasteiger charge is 2.05. The standard InChI is InChI=1S/C15H20BrN3O/c1-12(17)9-13-10-14(3-4-15(13)16)20-8-2-6-19-7-5-18-11-19/h3-5,7,10-12H,2,6,8-9,17H2,1H3. The molecule has 0 aliphatic rings. The van der Waals surface area contributed by atoms with Crippen LogP contribution in [0.15, 0.2) is 41.4 Å². The number of aryl methyl sites for hydroxylation is 1. The van der Waals surface area contributed by atoms with Crippen molar-refractivity contribution in [1.29, 1.82) is 0 Å². The maximum Gasteiger partial charge on any atom is 0.119 e. The first-order valence-electron chi connectivity index (χ1n) is 6.77. The highest BCUT2D eigenvalue weighted by atomic mass is 79.9. The van der Waals surface area contributed by atoms with Crippen LogP contribution in [0.5, 0.6) is 5.75 Å². The lowest BCUT2D eigenvalue weighted by molar-refractivity contribution is 0.301. The molecule has 0 amide bonds. The van der Waals surface area contributed by atoms with Crippen LogP contribution in [0.1, 0.15) is 18.9 Å². The van der Waals surface area contributed by atoms with Crippen LogP contribution in [0.3, 0.4) is 0 Å².